The van der Waals surface area contributed by atoms with Gasteiger partial charge in [0.25, 0.3) is 0 Å². The molecule has 0 aromatic rings. The predicted molar refractivity (Wildman–Crippen MR) is 229 cm³/mol. The molecule has 4 unspecified atom stereocenters. The van der Waals surface area contributed by atoms with E-state index in [0.29, 0.717) is 12.8 Å². The summed E-state index contributed by atoms with van der Waals surface area (Å²) in [5.41, 5.74) is 0. The minimum absolute atomic E-state index is 0.162. The molecule has 15 heteroatoms. The van der Waals surface area contributed by atoms with E-state index in [0.717, 1.165) is 70.6 Å². The van der Waals surface area contributed by atoms with Gasteiger partial charge in [-0.2, -0.15) is 0 Å². The van der Waals surface area contributed by atoms with Crippen molar-refractivity contribution in [3.63, 3.8) is 0 Å². The second-order valence-electron chi connectivity index (χ2n) is 16.2. The molecule has 2 rings (SSSR count). The van der Waals surface area contributed by atoms with Crippen LogP contribution < -0.4 is 0 Å². The number of hydrogen-bond acceptors (Lipinski definition) is 15. The van der Waals surface area contributed by atoms with Crippen LogP contribution in [0.25, 0.3) is 0 Å². The molecule has 0 amide bonds. The van der Waals surface area contributed by atoms with E-state index in [4.69, 9.17) is 28.4 Å². The third kappa shape index (κ3) is 23.3. The first-order valence-corrected chi connectivity index (χ1v) is 23.1. The minimum atomic E-state index is -1.76. The molecule has 11 atom stereocenters. The van der Waals surface area contributed by atoms with Crippen molar-refractivity contribution < 1.29 is 73.8 Å². The van der Waals surface area contributed by atoms with E-state index < -0.39 is 92.7 Å². The highest BCUT2D eigenvalue weighted by atomic mass is 16.7. The molecule has 0 aliphatic carbocycles. The number of esters is 2. The molecule has 2 aliphatic rings. The van der Waals surface area contributed by atoms with Crippen molar-refractivity contribution in [2.24, 2.45) is 0 Å². The van der Waals surface area contributed by atoms with Crippen molar-refractivity contribution in [3.8, 4) is 0 Å². The van der Waals surface area contributed by atoms with Crippen LogP contribution in [0.4, 0.5) is 0 Å². The third-order valence-corrected chi connectivity index (χ3v) is 10.9. The molecule has 354 valence electrons. The molecule has 0 aromatic carbocycles. The van der Waals surface area contributed by atoms with Crippen molar-refractivity contribution in [1.29, 1.82) is 0 Å². The summed E-state index contributed by atoms with van der Waals surface area (Å²) in [6, 6.07) is 0. The normalized spacial score (nSPS) is 27.6. The molecule has 0 bridgehead atoms. The summed E-state index contributed by atoms with van der Waals surface area (Å²) in [7, 11) is 0. The van der Waals surface area contributed by atoms with E-state index in [1.54, 1.807) is 0 Å². The second-order valence-corrected chi connectivity index (χ2v) is 16.2. The van der Waals surface area contributed by atoms with Gasteiger partial charge >= 0.3 is 11.9 Å². The van der Waals surface area contributed by atoms with Gasteiger partial charge in [0.05, 0.1) is 19.8 Å². The standard InChI is InChI=1S/C46H80O15/c1-3-5-7-9-11-13-15-16-17-18-19-21-22-24-26-28-37(48)56-31-34(59-38(49)29-27-25-23-20-14-12-10-8-6-4-2)32-57-45-44(55)42(53)40(51)36(61-45)33-58-46-43(54)41(52)39(50)35(30-47)60-46/h5,7,11,13,16-17,34-36,39-47,50-55H,3-4,6,8-10,12,14-15,18-33H2,1-2H3/b7-5+,13-11+,17-16+/t34-,35-,36-,39+,40+,41?,42?,43?,44?,45-,46-/m1/s1. The number of hydrogen-bond donors (Lipinski definition) is 7. The number of ether oxygens (including phenoxy) is 6. The first kappa shape index (κ1) is 54.9. The van der Waals surface area contributed by atoms with Gasteiger partial charge in [0.15, 0.2) is 18.7 Å². The summed E-state index contributed by atoms with van der Waals surface area (Å²) in [6.45, 7) is 2.42. The maximum absolute atomic E-state index is 12.9. The smallest absolute Gasteiger partial charge is 0.306 e. The Labute approximate surface area is 364 Å². The first-order valence-electron chi connectivity index (χ1n) is 23.1. The van der Waals surface area contributed by atoms with Gasteiger partial charge in [-0.1, -0.05) is 127 Å². The molecule has 61 heavy (non-hydrogen) atoms. The van der Waals surface area contributed by atoms with E-state index in [1.165, 1.54) is 38.5 Å². The van der Waals surface area contributed by atoms with E-state index in [-0.39, 0.29) is 26.1 Å². The Balaban J connectivity index is 1.85. The highest BCUT2D eigenvalue weighted by molar-refractivity contribution is 5.70. The predicted octanol–water partition coefficient (Wildman–Crippen LogP) is 4.98. The first-order chi connectivity index (χ1) is 29.5. The minimum Gasteiger partial charge on any atom is -0.462 e. The second kappa shape index (κ2) is 34.2. The molecule has 0 spiro atoms. The van der Waals surface area contributed by atoms with Gasteiger partial charge in [-0.25, -0.2) is 0 Å². The highest BCUT2D eigenvalue weighted by Gasteiger charge is 2.47. The Kier molecular flexibility index (Phi) is 30.7. The summed E-state index contributed by atoms with van der Waals surface area (Å²) >= 11 is 0. The Morgan fingerprint density at radius 2 is 1.03 bits per heavy atom. The summed E-state index contributed by atoms with van der Waals surface area (Å²) < 4.78 is 33.4. The fraction of sp³-hybridized carbons (Fsp3) is 0.826. The monoisotopic (exact) mass is 873 g/mol. The average molecular weight is 873 g/mol. The molecule has 2 aliphatic heterocycles. The van der Waals surface area contributed by atoms with Gasteiger partial charge in [-0.15, -0.1) is 0 Å². The van der Waals surface area contributed by atoms with Crippen LogP contribution in [0, 0.1) is 0 Å². The van der Waals surface area contributed by atoms with Gasteiger partial charge < -0.3 is 64.2 Å². The van der Waals surface area contributed by atoms with E-state index >= 15 is 0 Å². The van der Waals surface area contributed by atoms with Crippen molar-refractivity contribution >= 4 is 11.9 Å². The number of allylic oxidation sites excluding steroid dienone is 6. The van der Waals surface area contributed by atoms with Crippen molar-refractivity contribution in [1.82, 2.24) is 0 Å². The largest absolute Gasteiger partial charge is 0.462 e. The van der Waals surface area contributed by atoms with Crippen LogP contribution in [0.15, 0.2) is 36.5 Å². The van der Waals surface area contributed by atoms with Crippen LogP contribution in [0.1, 0.15) is 149 Å². The zero-order chi connectivity index (χ0) is 44.7. The van der Waals surface area contributed by atoms with Gasteiger partial charge in [0.1, 0.15) is 55.4 Å². The Hall–Kier alpha value is -2.28. The maximum atomic E-state index is 12.9. The van der Waals surface area contributed by atoms with Crippen molar-refractivity contribution in [2.75, 3.05) is 26.4 Å². The molecule has 7 N–H and O–H groups in total. The van der Waals surface area contributed by atoms with Crippen LogP contribution in [0.3, 0.4) is 0 Å². The van der Waals surface area contributed by atoms with Gasteiger partial charge in [-0.05, 0) is 44.9 Å². The highest BCUT2D eigenvalue weighted by Crippen LogP contribution is 2.26. The fourth-order valence-electron chi connectivity index (χ4n) is 7.05. The van der Waals surface area contributed by atoms with Crippen LogP contribution in [0.2, 0.25) is 0 Å². The Morgan fingerprint density at radius 3 is 1.62 bits per heavy atom. The lowest BCUT2D eigenvalue weighted by Crippen LogP contribution is -2.61. The molecule has 0 radical (unpaired) electrons. The van der Waals surface area contributed by atoms with E-state index in [2.05, 4.69) is 50.3 Å². The molecular formula is C46H80O15. The van der Waals surface area contributed by atoms with Crippen molar-refractivity contribution in [2.45, 2.75) is 216 Å². The van der Waals surface area contributed by atoms with E-state index in [1.807, 2.05) is 0 Å². The molecular weight excluding hydrogens is 792 g/mol. The lowest BCUT2D eigenvalue weighted by Gasteiger charge is -2.42. The average Bonchev–Trinajstić information content (AvgIpc) is 3.25. The summed E-state index contributed by atoms with van der Waals surface area (Å²) in [4.78, 5) is 25.6. The molecule has 2 fully saturated rings. The third-order valence-electron chi connectivity index (χ3n) is 10.9. The molecule has 0 aromatic heterocycles. The fourth-order valence-corrected chi connectivity index (χ4v) is 7.05. The quantitative estimate of drug-likeness (QED) is 0.0257. The van der Waals surface area contributed by atoms with Crippen LogP contribution in [0.5, 0.6) is 0 Å². The topological polar surface area (TPSA) is 231 Å². The lowest BCUT2D eigenvalue weighted by molar-refractivity contribution is -0.332. The summed E-state index contributed by atoms with van der Waals surface area (Å²) in [5, 5.41) is 71.8. The number of rotatable bonds is 34. The lowest BCUT2D eigenvalue weighted by atomic mass is 9.98. The summed E-state index contributed by atoms with van der Waals surface area (Å²) in [5.74, 6) is -0.948. The SMILES string of the molecule is CC/C=C/C/C=C/C/C=C/CCCCCCCC(=O)OC[C@H](CO[C@@H]1O[C@H](CO[C@@H]2O[C@H](CO)[C@H](O)C(O)C2O)[C@H](O)C(O)C1O)OC(=O)CCCCCCCCCCCC. The zero-order valence-corrected chi connectivity index (χ0v) is 36.9. The Morgan fingerprint density at radius 1 is 0.541 bits per heavy atom. The van der Waals surface area contributed by atoms with E-state index in [9.17, 15) is 45.3 Å². The molecule has 0 saturated carbocycles. The number of aliphatic hydroxyl groups excluding tert-OH is 7. The van der Waals surface area contributed by atoms with Gasteiger partial charge in [0, 0.05) is 12.8 Å². The van der Waals surface area contributed by atoms with Gasteiger partial charge in [0.2, 0.25) is 0 Å². The van der Waals surface area contributed by atoms with Crippen LogP contribution >= 0.6 is 0 Å². The summed E-state index contributed by atoms with van der Waals surface area (Å²) in [6.07, 6.45) is 16.2. The molecule has 2 heterocycles. The number of unbranched alkanes of at least 4 members (excludes halogenated alkanes) is 14. The maximum Gasteiger partial charge on any atom is 0.306 e. The molecule has 2 saturated heterocycles. The zero-order valence-electron chi connectivity index (χ0n) is 36.9. The Bertz CT molecular complexity index is 1210. The number of carbonyl (C=O) groups excluding carboxylic acids is 2. The van der Waals surface area contributed by atoms with Gasteiger partial charge in [-0.3, -0.25) is 9.59 Å². The van der Waals surface area contributed by atoms with Crippen molar-refractivity contribution in [3.05, 3.63) is 36.5 Å². The number of carbonyl (C=O) groups is 2. The number of aliphatic hydroxyl groups is 7. The van der Waals surface area contributed by atoms with Crippen LogP contribution in [-0.4, -0.2) is 142 Å². The van der Waals surface area contributed by atoms with Crippen LogP contribution in [-0.2, 0) is 38.0 Å². The molecule has 15 nitrogen and oxygen atoms in total.